The van der Waals surface area contributed by atoms with Crippen molar-refractivity contribution < 1.29 is 9.47 Å². The van der Waals surface area contributed by atoms with Gasteiger partial charge >= 0.3 is 0 Å². The summed E-state index contributed by atoms with van der Waals surface area (Å²) in [5.74, 6) is 0.950. The standard InChI is InChI=1S/C16H27NO2/c1-5-11-17-15(12-18-6-2)14-9-7-8-10-16(14)19-13(3)4/h7-10,13,15,17H,5-6,11-12H2,1-4H3. The first-order valence-corrected chi connectivity index (χ1v) is 7.25. The highest BCUT2D eigenvalue weighted by atomic mass is 16.5. The molecule has 0 amide bonds. The van der Waals surface area contributed by atoms with Crippen molar-refractivity contribution in [3.05, 3.63) is 29.8 Å². The van der Waals surface area contributed by atoms with Crippen LogP contribution in [0.4, 0.5) is 0 Å². The molecule has 1 aromatic carbocycles. The maximum absolute atomic E-state index is 5.89. The molecule has 0 aliphatic carbocycles. The average Bonchev–Trinajstić information content (AvgIpc) is 2.39. The zero-order valence-corrected chi connectivity index (χ0v) is 12.6. The summed E-state index contributed by atoms with van der Waals surface area (Å²) in [4.78, 5) is 0. The summed E-state index contributed by atoms with van der Waals surface area (Å²) < 4.78 is 11.5. The van der Waals surface area contributed by atoms with Gasteiger partial charge in [0.2, 0.25) is 0 Å². The molecule has 0 fully saturated rings. The van der Waals surface area contributed by atoms with E-state index >= 15 is 0 Å². The number of nitrogens with one attached hydrogen (secondary N) is 1. The molecule has 3 nitrogen and oxygen atoms in total. The van der Waals surface area contributed by atoms with Crippen LogP contribution in [0.5, 0.6) is 5.75 Å². The van der Waals surface area contributed by atoms with Crippen molar-refractivity contribution in [2.75, 3.05) is 19.8 Å². The summed E-state index contributed by atoms with van der Waals surface area (Å²) in [6, 6.07) is 8.40. The quantitative estimate of drug-likeness (QED) is 0.740. The van der Waals surface area contributed by atoms with Crippen LogP contribution in [0.25, 0.3) is 0 Å². The molecule has 0 bridgehead atoms. The highest BCUT2D eigenvalue weighted by molar-refractivity contribution is 5.36. The fraction of sp³-hybridized carbons (Fsp3) is 0.625. The van der Waals surface area contributed by atoms with Crippen LogP contribution < -0.4 is 10.1 Å². The molecule has 1 aromatic rings. The summed E-state index contributed by atoms with van der Waals surface area (Å²) in [6.07, 6.45) is 1.29. The zero-order valence-electron chi connectivity index (χ0n) is 12.6. The molecule has 0 saturated heterocycles. The van der Waals surface area contributed by atoms with E-state index in [1.807, 2.05) is 32.9 Å². The van der Waals surface area contributed by atoms with Gasteiger partial charge in [0.1, 0.15) is 5.75 Å². The SMILES string of the molecule is CCCNC(COCC)c1ccccc1OC(C)C. The third-order valence-corrected chi connectivity index (χ3v) is 2.79. The van der Waals surface area contributed by atoms with E-state index in [2.05, 4.69) is 24.4 Å². The van der Waals surface area contributed by atoms with E-state index in [0.717, 1.165) is 25.3 Å². The zero-order chi connectivity index (χ0) is 14.1. The van der Waals surface area contributed by atoms with Gasteiger partial charge in [0, 0.05) is 12.2 Å². The van der Waals surface area contributed by atoms with Gasteiger partial charge in [-0.2, -0.15) is 0 Å². The molecule has 0 aliphatic rings. The molecule has 0 radical (unpaired) electrons. The lowest BCUT2D eigenvalue weighted by atomic mass is 10.1. The van der Waals surface area contributed by atoms with Gasteiger partial charge in [0.15, 0.2) is 0 Å². The van der Waals surface area contributed by atoms with Gasteiger partial charge in [-0.15, -0.1) is 0 Å². The topological polar surface area (TPSA) is 30.5 Å². The molecule has 0 aliphatic heterocycles. The molecular formula is C16H27NO2. The largest absolute Gasteiger partial charge is 0.491 e. The second kappa shape index (κ2) is 8.94. The Morgan fingerprint density at radius 2 is 1.89 bits per heavy atom. The number of rotatable bonds is 9. The van der Waals surface area contributed by atoms with E-state index < -0.39 is 0 Å². The Labute approximate surface area is 117 Å². The predicted molar refractivity (Wildman–Crippen MR) is 79.7 cm³/mol. The lowest BCUT2D eigenvalue weighted by Gasteiger charge is -2.22. The van der Waals surface area contributed by atoms with Crippen LogP contribution in [0.15, 0.2) is 24.3 Å². The molecule has 0 heterocycles. The van der Waals surface area contributed by atoms with Gasteiger partial charge in [0.05, 0.1) is 18.8 Å². The molecule has 1 atom stereocenters. The van der Waals surface area contributed by atoms with Crippen LogP contribution in [0.3, 0.4) is 0 Å². The van der Waals surface area contributed by atoms with Gasteiger partial charge in [-0.25, -0.2) is 0 Å². The van der Waals surface area contributed by atoms with E-state index in [-0.39, 0.29) is 12.1 Å². The molecule has 108 valence electrons. The third kappa shape index (κ3) is 5.62. The van der Waals surface area contributed by atoms with Gasteiger partial charge < -0.3 is 14.8 Å². The van der Waals surface area contributed by atoms with E-state index in [1.165, 1.54) is 5.56 Å². The summed E-state index contributed by atoms with van der Waals surface area (Å²) in [7, 11) is 0. The highest BCUT2D eigenvalue weighted by Gasteiger charge is 2.16. The van der Waals surface area contributed by atoms with E-state index in [9.17, 15) is 0 Å². The smallest absolute Gasteiger partial charge is 0.124 e. The molecule has 1 unspecified atom stereocenters. The molecule has 1 rings (SSSR count). The van der Waals surface area contributed by atoms with Crippen molar-refractivity contribution in [1.82, 2.24) is 5.32 Å². The Bertz CT molecular complexity index is 344. The lowest BCUT2D eigenvalue weighted by Crippen LogP contribution is -2.27. The molecule has 0 spiro atoms. The maximum atomic E-state index is 5.89. The summed E-state index contributed by atoms with van der Waals surface area (Å²) >= 11 is 0. The third-order valence-electron chi connectivity index (χ3n) is 2.79. The highest BCUT2D eigenvalue weighted by Crippen LogP contribution is 2.26. The normalized spacial score (nSPS) is 12.7. The number of hydrogen-bond acceptors (Lipinski definition) is 3. The Hall–Kier alpha value is -1.06. The van der Waals surface area contributed by atoms with E-state index in [4.69, 9.17) is 9.47 Å². The second-order valence-corrected chi connectivity index (χ2v) is 4.87. The van der Waals surface area contributed by atoms with Gasteiger partial charge in [-0.1, -0.05) is 25.1 Å². The summed E-state index contributed by atoms with van der Waals surface area (Å²) in [5, 5.41) is 3.53. The minimum Gasteiger partial charge on any atom is -0.491 e. The van der Waals surface area contributed by atoms with Crippen LogP contribution >= 0.6 is 0 Å². The van der Waals surface area contributed by atoms with Crippen molar-refractivity contribution in [3.63, 3.8) is 0 Å². The summed E-state index contributed by atoms with van der Waals surface area (Å²) in [5.41, 5.74) is 1.18. The van der Waals surface area contributed by atoms with E-state index in [1.54, 1.807) is 0 Å². The molecular weight excluding hydrogens is 238 g/mol. The number of benzene rings is 1. The Kier molecular flexibility index (Phi) is 7.53. The van der Waals surface area contributed by atoms with Gasteiger partial charge in [-0.3, -0.25) is 0 Å². The van der Waals surface area contributed by atoms with Crippen LogP contribution in [0, 0.1) is 0 Å². The van der Waals surface area contributed by atoms with Crippen LogP contribution in [-0.4, -0.2) is 25.9 Å². The average molecular weight is 265 g/mol. The number of para-hydroxylation sites is 1. The molecule has 0 saturated carbocycles. The Morgan fingerprint density at radius 3 is 2.53 bits per heavy atom. The number of ether oxygens (including phenoxy) is 2. The fourth-order valence-corrected chi connectivity index (χ4v) is 1.94. The fourth-order valence-electron chi connectivity index (χ4n) is 1.94. The molecule has 1 N–H and O–H groups in total. The van der Waals surface area contributed by atoms with Gasteiger partial charge in [-0.05, 0) is 39.8 Å². The first-order chi connectivity index (χ1) is 9.19. The lowest BCUT2D eigenvalue weighted by molar-refractivity contribution is 0.121. The van der Waals surface area contributed by atoms with Crippen molar-refractivity contribution in [2.45, 2.75) is 46.3 Å². The number of hydrogen-bond donors (Lipinski definition) is 1. The minimum atomic E-state index is 0.181. The second-order valence-electron chi connectivity index (χ2n) is 4.87. The minimum absolute atomic E-state index is 0.181. The van der Waals surface area contributed by atoms with Crippen molar-refractivity contribution >= 4 is 0 Å². The van der Waals surface area contributed by atoms with Crippen LogP contribution in [0.2, 0.25) is 0 Å². The van der Waals surface area contributed by atoms with Crippen molar-refractivity contribution in [3.8, 4) is 5.75 Å². The maximum Gasteiger partial charge on any atom is 0.124 e. The summed E-state index contributed by atoms with van der Waals surface area (Å²) in [6.45, 7) is 10.7. The van der Waals surface area contributed by atoms with Crippen molar-refractivity contribution in [1.29, 1.82) is 0 Å². The van der Waals surface area contributed by atoms with Crippen molar-refractivity contribution in [2.24, 2.45) is 0 Å². The van der Waals surface area contributed by atoms with E-state index in [0.29, 0.717) is 6.61 Å². The van der Waals surface area contributed by atoms with Crippen LogP contribution in [0.1, 0.15) is 45.7 Å². The van der Waals surface area contributed by atoms with Crippen LogP contribution in [-0.2, 0) is 4.74 Å². The monoisotopic (exact) mass is 265 g/mol. The first-order valence-electron chi connectivity index (χ1n) is 7.25. The molecule has 0 aromatic heterocycles. The Balaban J connectivity index is 2.85. The van der Waals surface area contributed by atoms with Gasteiger partial charge in [0.25, 0.3) is 0 Å². The first kappa shape index (κ1) is 16.0. The predicted octanol–water partition coefficient (Wildman–Crippen LogP) is 3.55. The molecule has 19 heavy (non-hydrogen) atoms. The molecule has 3 heteroatoms. The Morgan fingerprint density at radius 1 is 1.16 bits per heavy atom.